The van der Waals surface area contributed by atoms with Gasteiger partial charge in [0, 0.05) is 0 Å². The van der Waals surface area contributed by atoms with E-state index < -0.39 is 30.5 Å². The monoisotopic (exact) mass is 279 g/mol. The molecule has 0 aliphatic heterocycles. The summed E-state index contributed by atoms with van der Waals surface area (Å²) >= 11 is 0. The smallest absolute Gasteiger partial charge is 0.340 e. The zero-order valence-corrected chi connectivity index (χ0v) is 10.5. The molecule has 2 aromatic rings. The van der Waals surface area contributed by atoms with Gasteiger partial charge in [0.2, 0.25) is 0 Å². The standard InChI is InChI=1S/C12H13N3O5/c16-7-14-10(18)13(6-9-4-2-1-3-5-9)11(19)15(8-17)12(14)20/h1-5,16-17H,6-8H2. The Bertz CT molecular complexity index is 730. The van der Waals surface area contributed by atoms with E-state index in [1.807, 2.05) is 0 Å². The second-order valence-corrected chi connectivity index (χ2v) is 4.06. The van der Waals surface area contributed by atoms with E-state index in [-0.39, 0.29) is 6.54 Å². The van der Waals surface area contributed by atoms with Gasteiger partial charge in [-0.3, -0.25) is 0 Å². The number of aromatic nitrogens is 3. The molecule has 8 heteroatoms. The summed E-state index contributed by atoms with van der Waals surface area (Å²) in [4.78, 5) is 35.6. The van der Waals surface area contributed by atoms with Crippen LogP contribution in [0, 0.1) is 0 Å². The fraction of sp³-hybridized carbons (Fsp3) is 0.250. The van der Waals surface area contributed by atoms with E-state index in [1.54, 1.807) is 30.3 Å². The fourth-order valence-corrected chi connectivity index (χ4v) is 1.83. The first kappa shape index (κ1) is 14.0. The van der Waals surface area contributed by atoms with Crippen molar-refractivity contribution in [2.24, 2.45) is 0 Å². The Hall–Kier alpha value is -2.45. The summed E-state index contributed by atoms with van der Waals surface area (Å²) in [5, 5.41) is 18.1. The van der Waals surface area contributed by atoms with Crippen LogP contribution >= 0.6 is 0 Å². The van der Waals surface area contributed by atoms with E-state index in [0.717, 1.165) is 4.57 Å². The molecule has 0 saturated heterocycles. The summed E-state index contributed by atoms with van der Waals surface area (Å²) in [6.07, 6.45) is 0. The maximum absolute atomic E-state index is 12.0. The highest BCUT2D eigenvalue weighted by molar-refractivity contribution is 5.14. The van der Waals surface area contributed by atoms with Gasteiger partial charge >= 0.3 is 17.1 Å². The Morgan fingerprint density at radius 3 is 1.65 bits per heavy atom. The second kappa shape index (κ2) is 5.68. The third-order valence-corrected chi connectivity index (χ3v) is 2.85. The van der Waals surface area contributed by atoms with E-state index in [9.17, 15) is 14.4 Å². The molecule has 0 amide bonds. The summed E-state index contributed by atoms with van der Waals surface area (Å²) in [6, 6.07) is 8.69. The maximum atomic E-state index is 12.0. The average Bonchev–Trinajstić information content (AvgIpc) is 2.46. The molecule has 0 bridgehead atoms. The summed E-state index contributed by atoms with van der Waals surface area (Å²) in [6.45, 7) is -1.79. The molecule has 1 aromatic carbocycles. The highest BCUT2D eigenvalue weighted by Gasteiger charge is 2.14. The lowest BCUT2D eigenvalue weighted by Gasteiger charge is -2.11. The van der Waals surface area contributed by atoms with Crippen LogP contribution in [0.1, 0.15) is 5.56 Å². The lowest BCUT2D eigenvalue weighted by Crippen LogP contribution is -2.54. The van der Waals surface area contributed by atoms with Gasteiger partial charge in [0.15, 0.2) is 0 Å². The van der Waals surface area contributed by atoms with Crippen LogP contribution in [0.3, 0.4) is 0 Å². The number of rotatable bonds is 4. The third-order valence-electron chi connectivity index (χ3n) is 2.85. The fourth-order valence-electron chi connectivity index (χ4n) is 1.83. The first-order chi connectivity index (χ1) is 9.60. The molecule has 1 aromatic heterocycles. The molecule has 2 N–H and O–H groups in total. The molecule has 1 heterocycles. The molecule has 0 aliphatic carbocycles. The van der Waals surface area contributed by atoms with Crippen molar-refractivity contribution in [2.75, 3.05) is 0 Å². The van der Waals surface area contributed by atoms with Crippen LogP contribution in [0.2, 0.25) is 0 Å². The van der Waals surface area contributed by atoms with Crippen LogP contribution < -0.4 is 17.1 Å². The number of nitrogens with zero attached hydrogens (tertiary/aromatic N) is 3. The summed E-state index contributed by atoms with van der Waals surface area (Å²) < 4.78 is 1.73. The molecule has 8 nitrogen and oxygen atoms in total. The number of benzene rings is 1. The lowest BCUT2D eigenvalue weighted by molar-refractivity contribution is 0.162. The molecule has 106 valence electrons. The Morgan fingerprint density at radius 1 is 0.750 bits per heavy atom. The molecule has 0 atom stereocenters. The van der Waals surface area contributed by atoms with Crippen molar-refractivity contribution in [3.8, 4) is 0 Å². The summed E-state index contributed by atoms with van der Waals surface area (Å²) in [5.74, 6) is 0. The van der Waals surface area contributed by atoms with Crippen molar-refractivity contribution in [1.29, 1.82) is 0 Å². The van der Waals surface area contributed by atoms with Crippen molar-refractivity contribution < 1.29 is 10.2 Å². The summed E-state index contributed by atoms with van der Waals surface area (Å²) in [7, 11) is 0. The third kappa shape index (κ3) is 2.33. The minimum atomic E-state index is -1.05. The number of hydrogen-bond acceptors (Lipinski definition) is 5. The lowest BCUT2D eigenvalue weighted by atomic mass is 10.2. The minimum Gasteiger partial charge on any atom is -0.376 e. The van der Waals surface area contributed by atoms with Crippen molar-refractivity contribution in [2.45, 2.75) is 20.0 Å². The Balaban J connectivity index is 2.67. The Kier molecular flexibility index (Phi) is 3.97. The van der Waals surface area contributed by atoms with Gasteiger partial charge in [-0.15, -0.1) is 0 Å². The van der Waals surface area contributed by atoms with E-state index in [4.69, 9.17) is 10.2 Å². The molecule has 0 unspecified atom stereocenters. The maximum Gasteiger partial charge on any atom is 0.340 e. The van der Waals surface area contributed by atoms with Gasteiger partial charge in [0.25, 0.3) is 0 Å². The van der Waals surface area contributed by atoms with E-state index in [1.165, 1.54) is 0 Å². The van der Waals surface area contributed by atoms with Crippen molar-refractivity contribution in [3.05, 3.63) is 67.3 Å². The SMILES string of the molecule is O=c1n(CO)c(=O)n(Cc2ccccc2)c(=O)n1CO. The van der Waals surface area contributed by atoms with Crippen LogP contribution in [0.4, 0.5) is 0 Å². The minimum absolute atomic E-state index is 0.0568. The molecule has 0 saturated carbocycles. The highest BCUT2D eigenvalue weighted by atomic mass is 16.3. The van der Waals surface area contributed by atoms with Crippen molar-refractivity contribution >= 4 is 0 Å². The van der Waals surface area contributed by atoms with Crippen molar-refractivity contribution in [3.63, 3.8) is 0 Å². The Morgan fingerprint density at radius 2 is 1.20 bits per heavy atom. The Labute approximate surface area is 112 Å². The number of hydrogen-bond donors (Lipinski definition) is 2. The van der Waals surface area contributed by atoms with Crippen LogP contribution in [0.15, 0.2) is 44.7 Å². The summed E-state index contributed by atoms with van der Waals surface area (Å²) in [5.41, 5.74) is -2.21. The van der Waals surface area contributed by atoms with Gasteiger partial charge in [0.1, 0.15) is 13.5 Å². The molecule has 2 rings (SSSR count). The van der Waals surface area contributed by atoms with E-state index >= 15 is 0 Å². The van der Waals surface area contributed by atoms with Crippen LogP contribution in [0.25, 0.3) is 0 Å². The van der Waals surface area contributed by atoms with Crippen molar-refractivity contribution in [1.82, 2.24) is 13.7 Å². The van der Waals surface area contributed by atoms with Gasteiger partial charge in [-0.25, -0.2) is 28.1 Å². The predicted octanol–water partition coefficient (Wildman–Crippen LogP) is -1.88. The van der Waals surface area contributed by atoms with E-state index in [2.05, 4.69) is 0 Å². The zero-order chi connectivity index (χ0) is 14.7. The number of aliphatic hydroxyl groups is 2. The topological polar surface area (TPSA) is 106 Å². The van der Waals surface area contributed by atoms with Gasteiger partial charge in [0.05, 0.1) is 6.54 Å². The largest absolute Gasteiger partial charge is 0.376 e. The average molecular weight is 279 g/mol. The zero-order valence-electron chi connectivity index (χ0n) is 10.5. The first-order valence-electron chi connectivity index (χ1n) is 5.80. The van der Waals surface area contributed by atoms with Gasteiger partial charge in [-0.1, -0.05) is 30.3 Å². The predicted molar refractivity (Wildman–Crippen MR) is 69.2 cm³/mol. The molecule has 0 radical (unpaired) electrons. The van der Waals surface area contributed by atoms with Gasteiger partial charge in [-0.05, 0) is 5.56 Å². The van der Waals surface area contributed by atoms with Crippen LogP contribution in [-0.4, -0.2) is 23.9 Å². The number of aliphatic hydroxyl groups excluding tert-OH is 2. The molecule has 0 fully saturated rings. The first-order valence-corrected chi connectivity index (χ1v) is 5.80. The van der Waals surface area contributed by atoms with Gasteiger partial charge < -0.3 is 10.2 Å². The quantitative estimate of drug-likeness (QED) is 0.681. The normalized spacial score (nSPS) is 10.7. The molecule has 0 aliphatic rings. The molecular formula is C12H13N3O5. The molecular weight excluding hydrogens is 266 g/mol. The van der Waals surface area contributed by atoms with Gasteiger partial charge in [-0.2, -0.15) is 0 Å². The molecule has 0 spiro atoms. The second-order valence-electron chi connectivity index (χ2n) is 4.06. The van der Waals surface area contributed by atoms with E-state index in [0.29, 0.717) is 14.7 Å². The van der Waals surface area contributed by atoms with Crippen LogP contribution in [-0.2, 0) is 20.0 Å². The van der Waals surface area contributed by atoms with Crippen LogP contribution in [0.5, 0.6) is 0 Å². The highest BCUT2D eigenvalue weighted by Crippen LogP contribution is 1.98. The molecule has 20 heavy (non-hydrogen) atoms.